The van der Waals surface area contributed by atoms with Crippen molar-refractivity contribution in [3.63, 3.8) is 0 Å². The minimum absolute atomic E-state index is 0.217. The number of hydrogen-bond donors (Lipinski definition) is 2. The minimum atomic E-state index is -0.217. The molecule has 1 amide bonds. The van der Waals surface area contributed by atoms with Gasteiger partial charge in [-0.1, -0.05) is 0 Å². The van der Waals surface area contributed by atoms with Crippen LogP contribution in [0.2, 0.25) is 0 Å². The summed E-state index contributed by atoms with van der Waals surface area (Å²) >= 11 is 0. The molecule has 0 aliphatic carbocycles. The topological polar surface area (TPSA) is 64.3 Å². The molecule has 0 spiro atoms. The van der Waals surface area contributed by atoms with Crippen molar-refractivity contribution in [2.24, 2.45) is 5.73 Å². The van der Waals surface area contributed by atoms with Crippen molar-refractivity contribution in [3.05, 3.63) is 0 Å². The lowest BCUT2D eigenvalue weighted by molar-refractivity contribution is -0.118. The Hall–Kier alpha value is -0.610. The molecular weight excluding hydrogens is 192 g/mol. The Bertz CT molecular complexity index is 199. The van der Waals surface area contributed by atoms with Crippen molar-refractivity contribution in [3.8, 4) is 0 Å². The zero-order chi connectivity index (χ0) is 11.3. The quantitative estimate of drug-likeness (QED) is 0.665. The molecule has 1 aliphatic rings. The number of primary amides is 1. The monoisotopic (exact) mass is 214 g/mol. The molecular formula is C11H22N2O2. The lowest BCUT2D eigenvalue weighted by Gasteiger charge is -2.32. The van der Waals surface area contributed by atoms with E-state index in [1.54, 1.807) is 0 Å². The normalized spacial score (nSPS) is 31.5. The van der Waals surface area contributed by atoms with Gasteiger partial charge >= 0.3 is 0 Å². The second kappa shape index (κ2) is 6.08. The summed E-state index contributed by atoms with van der Waals surface area (Å²) in [5, 5.41) is 3.45. The summed E-state index contributed by atoms with van der Waals surface area (Å²) in [6.07, 6.45) is 4.09. The van der Waals surface area contributed by atoms with Crippen molar-refractivity contribution in [1.82, 2.24) is 5.32 Å². The summed E-state index contributed by atoms with van der Waals surface area (Å²) in [5.41, 5.74) is 5.07. The van der Waals surface area contributed by atoms with Gasteiger partial charge in [0.1, 0.15) is 0 Å². The smallest absolute Gasteiger partial charge is 0.217 e. The molecule has 1 heterocycles. The number of nitrogens with two attached hydrogens (primary N) is 1. The third-order valence-electron chi connectivity index (χ3n) is 2.73. The molecule has 15 heavy (non-hydrogen) atoms. The largest absolute Gasteiger partial charge is 0.375 e. The van der Waals surface area contributed by atoms with Gasteiger partial charge in [-0.05, 0) is 39.7 Å². The average Bonchev–Trinajstić information content (AvgIpc) is 2.10. The van der Waals surface area contributed by atoms with Crippen LogP contribution in [0.1, 0.15) is 39.5 Å². The number of rotatable bonds is 5. The van der Waals surface area contributed by atoms with E-state index in [9.17, 15) is 4.79 Å². The predicted octanol–water partition coefficient (Wildman–Crippen LogP) is 0.797. The average molecular weight is 214 g/mol. The first-order valence-electron chi connectivity index (χ1n) is 5.75. The highest BCUT2D eigenvalue weighted by atomic mass is 16.5. The number of nitrogens with one attached hydrogen (secondary N) is 1. The third kappa shape index (κ3) is 5.14. The molecule has 3 N–H and O–H groups in total. The standard InChI is InChI=1S/C11H22N2O2/c1-8-6-10(7-9(2)15-8)13-5-3-4-11(12)14/h8-10,13H,3-7H2,1-2H3,(H2,12,14). The minimum Gasteiger partial charge on any atom is -0.375 e. The van der Waals surface area contributed by atoms with Gasteiger partial charge in [0.15, 0.2) is 0 Å². The highest BCUT2D eigenvalue weighted by Crippen LogP contribution is 2.18. The lowest BCUT2D eigenvalue weighted by atomic mass is 10.00. The van der Waals surface area contributed by atoms with E-state index in [1.165, 1.54) is 0 Å². The number of carbonyl (C=O) groups is 1. The van der Waals surface area contributed by atoms with Crippen LogP contribution in [0.4, 0.5) is 0 Å². The van der Waals surface area contributed by atoms with Gasteiger partial charge in [0.25, 0.3) is 0 Å². The number of ether oxygens (including phenoxy) is 1. The first-order valence-corrected chi connectivity index (χ1v) is 5.75. The van der Waals surface area contributed by atoms with E-state index in [2.05, 4.69) is 19.2 Å². The Morgan fingerprint density at radius 2 is 2.00 bits per heavy atom. The zero-order valence-corrected chi connectivity index (χ0v) is 9.66. The van der Waals surface area contributed by atoms with E-state index < -0.39 is 0 Å². The van der Waals surface area contributed by atoms with E-state index in [0.717, 1.165) is 25.8 Å². The summed E-state index contributed by atoms with van der Waals surface area (Å²) < 4.78 is 5.65. The predicted molar refractivity (Wildman–Crippen MR) is 59.5 cm³/mol. The van der Waals surface area contributed by atoms with Gasteiger partial charge in [-0.25, -0.2) is 0 Å². The first-order chi connectivity index (χ1) is 7.08. The van der Waals surface area contributed by atoms with Gasteiger partial charge in [-0.3, -0.25) is 4.79 Å². The van der Waals surface area contributed by atoms with Gasteiger partial charge in [-0.2, -0.15) is 0 Å². The van der Waals surface area contributed by atoms with Crippen LogP contribution in [0.3, 0.4) is 0 Å². The van der Waals surface area contributed by atoms with Gasteiger partial charge in [0.05, 0.1) is 12.2 Å². The van der Waals surface area contributed by atoms with E-state index in [0.29, 0.717) is 24.7 Å². The molecule has 0 aromatic heterocycles. The van der Waals surface area contributed by atoms with Gasteiger partial charge in [0.2, 0.25) is 5.91 Å². The Morgan fingerprint density at radius 3 is 2.53 bits per heavy atom. The van der Waals surface area contributed by atoms with Crippen LogP contribution in [0, 0.1) is 0 Å². The number of carbonyl (C=O) groups excluding carboxylic acids is 1. The van der Waals surface area contributed by atoms with Crippen LogP contribution >= 0.6 is 0 Å². The van der Waals surface area contributed by atoms with E-state index in [4.69, 9.17) is 10.5 Å². The molecule has 1 aliphatic heterocycles. The maximum atomic E-state index is 10.5. The molecule has 0 bridgehead atoms. The van der Waals surface area contributed by atoms with Crippen LogP contribution in [-0.2, 0) is 9.53 Å². The molecule has 2 unspecified atom stereocenters. The molecule has 1 rings (SSSR count). The first kappa shape index (κ1) is 12.5. The Balaban J connectivity index is 2.12. The SMILES string of the molecule is CC1CC(NCCCC(N)=O)CC(C)O1. The maximum Gasteiger partial charge on any atom is 0.217 e. The Morgan fingerprint density at radius 1 is 1.40 bits per heavy atom. The van der Waals surface area contributed by atoms with Crippen LogP contribution in [0.25, 0.3) is 0 Å². The Labute approximate surface area is 91.5 Å². The summed E-state index contributed by atoms with van der Waals surface area (Å²) in [4.78, 5) is 10.5. The fourth-order valence-corrected chi connectivity index (χ4v) is 2.14. The van der Waals surface area contributed by atoms with Crippen molar-refractivity contribution in [2.45, 2.75) is 57.8 Å². The van der Waals surface area contributed by atoms with Crippen molar-refractivity contribution < 1.29 is 9.53 Å². The highest BCUT2D eigenvalue weighted by molar-refractivity contribution is 5.73. The molecule has 2 atom stereocenters. The fourth-order valence-electron chi connectivity index (χ4n) is 2.14. The van der Waals surface area contributed by atoms with E-state index in [1.807, 2.05) is 0 Å². The summed E-state index contributed by atoms with van der Waals surface area (Å²) in [6, 6.07) is 0.525. The maximum absolute atomic E-state index is 10.5. The number of amides is 1. The molecule has 4 heteroatoms. The molecule has 0 radical (unpaired) electrons. The second-order valence-electron chi connectivity index (χ2n) is 4.45. The molecule has 0 aromatic carbocycles. The number of hydrogen-bond acceptors (Lipinski definition) is 3. The van der Waals surface area contributed by atoms with Crippen molar-refractivity contribution in [1.29, 1.82) is 0 Å². The highest BCUT2D eigenvalue weighted by Gasteiger charge is 2.23. The van der Waals surface area contributed by atoms with Crippen molar-refractivity contribution >= 4 is 5.91 Å². The zero-order valence-electron chi connectivity index (χ0n) is 9.66. The van der Waals surface area contributed by atoms with Gasteiger partial charge in [-0.15, -0.1) is 0 Å². The molecule has 1 saturated heterocycles. The van der Waals surface area contributed by atoms with Gasteiger partial charge < -0.3 is 15.8 Å². The second-order valence-corrected chi connectivity index (χ2v) is 4.45. The van der Waals surface area contributed by atoms with Crippen LogP contribution in [0.5, 0.6) is 0 Å². The summed E-state index contributed by atoms with van der Waals surface area (Å²) in [6.45, 7) is 5.08. The van der Waals surface area contributed by atoms with E-state index >= 15 is 0 Å². The summed E-state index contributed by atoms with van der Waals surface area (Å²) in [7, 11) is 0. The molecule has 0 saturated carbocycles. The lowest BCUT2D eigenvalue weighted by Crippen LogP contribution is -2.41. The third-order valence-corrected chi connectivity index (χ3v) is 2.73. The molecule has 88 valence electrons. The molecule has 0 aromatic rings. The summed E-state index contributed by atoms with van der Waals surface area (Å²) in [5.74, 6) is -0.217. The fraction of sp³-hybridized carbons (Fsp3) is 0.909. The van der Waals surface area contributed by atoms with E-state index in [-0.39, 0.29) is 5.91 Å². The molecule has 4 nitrogen and oxygen atoms in total. The van der Waals surface area contributed by atoms with Gasteiger partial charge in [0, 0.05) is 12.5 Å². The Kier molecular flexibility index (Phi) is 5.05. The van der Waals surface area contributed by atoms with Crippen molar-refractivity contribution in [2.75, 3.05) is 6.54 Å². The van der Waals surface area contributed by atoms with Crippen LogP contribution < -0.4 is 11.1 Å². The molecule has 1 fully saturated rings. The van der Waals surface area contributed by atoms with Crippen LogP contribution in [-0.4, -0.2) is 30.7 Å². The van der Waals surface area contributed by atoms with Crippen LogP contribution in [0.15, 0.2) is 0 Å².